The van der Waals surface area contributed by atoms with E-state index in [2.05, 4.69) is 48.9 Å². The Hall–Kier alpha value is -3.98. The molecule has 8 nitrogen and oxygen atoms in total. The second-order valence-corrected chi connectivity index (χ2v) is 14.5. The maximum absolute atomic E-state index is 12.5. The van der Waals surface area contributed by atoms with Crippen molar-refractivity contribution in [2.75, 3.05) is 13.3 Å². The van der Waals surface area contributed by atoms with Crippen LogP contribution in [0, 0.1) is 5.92 Å². The van der Waals surface area contributed by atoms with Crippen LogP contribution in [-0.2, 0) is 16.6 Å². The number of carbonyl (C=O) groups is 1. The number of ketones is 1. The molecule has 6 N–H and O–H groups in total. The normalized spacial score (nSPS) is 26.6. The maximum Gasteiger partial charge on any atom is 0.227 e. The molecule has 1 fully saturated rings. The Morgan fingerprint density at radius 3 is 3.02 bits per heavy atom. The number of aromatic hydroxyl groups is 1. The molecule has 0 radical (unpaired) electrons. The lowest BCUT2D eigenvalue weighted by Crippen LogP contribution is -3.07. The number of aliphatic hydroxyl groups is 1. The van der Waals surface area contributed by atoms with E-state index in [1.807, 2.05) is 12.1 Å². The van der Waals surface area contributed by atoms with Gasteiger partial charge in [0.05, 0.1) is 11.7 Å². The Labute approximate surface area is 282 Å². The average Bonchev–Trinajstić information content (AvgIpc) is 3.87. The fourth-order valence-corrected chi connectivity index (χ4v) is 9.36. The van der Waals surface area contributed by atoms with Gasteiger partial charge in [0.2, 0.25) is 6.73 Å². The second-order valence-electron chi connectivity index (χ2n) is 14.5. The first kappa shape index (κ1) is 31.3. The number of aliphatic hydroxyl groups excluding tert-OH is 1. The fourth-order valence-electron chi connectivity index (χ4n) is 9.36. The van der Waals surface area contributed by atoms with Crippen molar-refractivity contribution in [3.8, 4) is 11.5 Å². The summed E-state index contributed by atoms with van der Waals surface area (Å²) in [7, 11) is 0. The number of ether oxygens (including phenoxy) is 1. The first-order valence-corrected chi connectivity index (χ1v) is 18.0. The molecule has 0 aromatic heterocycles. The van der Waals surface area contributed by atoms with Crippen LogP contribution < -0.4 is 20.7 Å². The Kier molecular flexibility index (Phi) is 8.14. The number of unbranched alkanes of at least 4 members (excludes halogenated alkanes) is 2. The van der Waals surface area contributed by atoms with Gasteiger partial charge in [-0.3, -0.25) is 14.7 Å². The van der Waals surface area contributed by atoms with Crippen LogP contribution in [0.5, 0.6) is 11.5 Å². The number of benzene rings is 2. The molecular weight excluding hydrogens is 600 g/mol. The van der Waals surface area contributed by atoms with Gasteiger partial charge in [-0.25, -0.2) is 0 Å². The summed E-state index contributed by atoms with van der Waals surface area (Å²) in [5, 5.41) is 24.4. The number of hydrogen-bond donors (Lipinski definition) is 5. The minimum atomic E-state index is -0.562. The molecule has 1 unspecified atom stereocenters. The fraction of sp³-hybridized carbons (Fsp3) is 0.450. The number of rotatable bonds is 13. The van der Waals surface area contributed by atoms with Crippen molar-refractivity contribution in [3.05, 3.63) is 99.5 Å². The molecule has 3 aliphatic carbocycles. The van der Waals surface area contributed by atoms with Gasteiger partial charge in [0.25, 0.3) is 0 Å². The summed E-state index contributed by atoms with van der Waals surface area (Å²) in [5.41, 5.74) is 19.3. The molecule has 0 spiro atoms. The number of nitrogens with two attached hydrogens (primary N) is 1. The highest BCUT2D eigenvalue weighted by molar-refractivity contribution is 6.09. The molecule has 1 saturated carbocycles. The van der Waals surface area contributed by atoms with Crippen LogP contribution in [0.15, 0.2) is 82.3 Å². The number of nitrogens with zero attached hydrogens (tertiary/aromatic N) is 1. The number of aliphatic imine (C=N–C) groups is 1. The Bertz CT molecular complexity index is 1820. The van der Waals surface area contributed by atoms with Gasteiger partial charge < -0.3 is 26.0 Å². The van der Waals surface area contributed by atoms with Crippen LogP contribution in [0.3, 0.4) is 0 Å². The van der Waals surface area contributed by atoms with Gasteiger partial charge in [-0.2, -0.15) is 0 Å². The lowest BCUT2D eigenvalue weighted by Gasteiger charge is -2.46. The van der Waals surface area contributed by atoms with E-state index >= 15 is 0 Å². The largest absolute Gasteiger partial charge is 0.504 e. The summed E-state index contributed by atoms with van der Waals surface area (Å²) in [4.78, 5) is 18.6. The SMILES string of the molecule is CCCCC[C@@H](O)CC(=O)CCc1ccc(O)c(OC[NH+]2C=C3C([C@@]45CCC[C@@H]4C4=C6C(=CC4)N[C@H](N)c4cccc5c46)=CN=C3C2)c1. The van der Waals surface area contributed by atoms with Crippen LogP contribution in [0.1, 0.15) is 99.6 Å². The van der Waals surface area contributed by atoms with Crippen LogP contribution in [0.4, 0.5) is 0 Å². The third kappa shape index (κ3) is 5.16. The van der Waals surface area contributed by atoms with E-state index in [4.69, 9.17) is 15.5 Å². The Balaban J connectivity index is 0.972. The van der Waals surface area contributed by atoms with Gasteiger partial charge in [-0.05, 0) is 78.0 Å². The third-order valence-electron chi connectivity index (χ3n) is 11.6. The molecule has 48 heavy (non-hydrogen) atoms. The lowest BCUT2D eigenvalue weighted by molar-refractivity contribution is -0.851. The van der Waals surface area contributed by atoms with Crippen molar-refractivity contribution in [3.63, 3.8) is 0 Å². The van der Waals surface area contributed by atoms with Crippen LogP contribution in [0.2, 0.25) is 0 Å². The quantitative estimate of drug-likeness (QED) is 0.195. The molecule has 8 rings (SSSR count). The number of hydrogen-bond acceptors (Lipinski definition) is 7. The number of phenolic OH excluding ortho intramolecular Hbond substituents is 1. The standard InChI is InChI=1S/C40H46N4O4/c1-2-3-4-7-25(45)19-26(46)13-11-24-12-16-35(47)36(18-24)48-23-44-21-29-32(20-42-34(29)22-44)40-17-6-10-30(40)27-14-15-33-38(27)37-28(39(41)43-33)8-5-9-31(37)40/h5,8-9,12,15-16,18,20-21,25,30,39,43,45,47H,2-4,6-7,10-11,13-14,17,19,22-23,41H2,1H3/p+1/t25-,30-,39+,40+/m1/s1. The average molecular weight is 648 g/mol. The highest BCUT2D eigenvalue weighted by atomic mass is 16.5. The number of carbonyl (C=O) groups excluding carboxylic acids is 1. The van der Waals surface area contributed by atoms with E-state index in [1.165, 1.54) is 51.9 Å². The molecule has 5 atom stereocenters. The molecule has 0 bridgehead atoms. The van der Waals surface area contributed by atoms with Crippen molar-refractivity contribution in [2.45, 2.75) is 95.2 Å². The summed E-state index contributed by atoms with van der Waals surface area (Å²) < 4.78 is 6.21. The molecule has 3 aliphatic heterocycles. The van der Waals surface area contributed by atoms with Crippen molar-refractivity contribution in [1.82, 2.24) is 5.32 Å². The minimum absolute atomic E-state index is 0.0634. The number of Topliss-reactive ketones (excluding diaryl/α,β-unsaturated/α-hetero) is 1. The molecule has 2 aromatic rings. The van der Waals surface area contributed by atoms with E-state index in [0.717, 1.165) is 54.8 Å². The number of phenols is 1. The summed E-state index contributed by atoms with van der Waals surface area (Å²) in [6.45, 7) is 3.21. The molecule has 3 heterocycles. The molecule has 0 amide bonds. The molecule has 0 saturated heterocycles. The van der Waals surface area contributed by atoms with Gasteiger partial charge in [0.15, 0.2) is 11.5 Å². The van der Waals surface area contributed by atoms with Gasteiger partial charge in [-0.1, -0.05) is 68.5 Å². The summed E-state index contributed by atoms with van der Waals surface area (Å²) in [6.07, 6.45) is 15.3. The van der Waals surface area contributed by atoms with Gasteiger partial charge >= 0.3 is 0 Å². The Morgan fingerprint density at radius 1 is 1.25 bits per heavy atom. The van der Waals surface area contributed by atoms with Gasteiger partial charge in [0, 0.05) is 35.7 Å². The maximum atomic E-state index is 12.5. The number of aryl methyl sites for hydroxylation is 1. The van der Waals surface area contributed by atoms with Crippen molar-refractivity contribution >= 4 is 17.1 Å². The smallest absolute Gasteiger partial charge is 0.227 e. The number of quaternary nitrogens is 1. The predicted molar refractivity (Wildman–Crippen MR) is 186 cm³/mol. The van der Waals surface area contributed by atoms with E-state index in [-0.39, 0.29) is 29.5 Å². The zero-order chi connectivity index (χ0) is 33.0. The van der Waals surface area contributed by atoms with Crippen molar-refractivity contribution in [1.29, 1.82) is 0 Å². The third-order valence-corrected chi connectivity index (χ3v) is 11.6. The van der Waals surface area contributed by atoms with Crippen LogP contribution >= 0.6 is 0 Å². The minimum Gasteiger partial charge on any atom is -0.504 e. The molecule has 8 heteroatoms. The van der Waals surface area contributed by atoms with Crippen LogP contribution in [-0.4, -0.2) is 41.1 Å². The molecular formula is C40H47N4O4+. The highest BCUT2D eigenvalue weighted by Crippen LogP contribution is 2.64. The van der Waals surface area contributed by atoms with Crippen LogP contribution in [0.25, 0.3) is 5.57 Å². The summed E-state index contributed by atoms with van der Waals surface area (Å²) in [5.74, 6) is 1.02. The number of fused-ring (bicyclic) bond motifs is 4. The highest BCUT2D eigenvalue weighted by Gasteiger charge is 2.57. The topological polar surface area (TPSA) is 122 Å². The zero-order valence-corrected chi connectivity index (χ0v) is 27.9. The molecule has 250 valence electrons. The number of nitrogens with one attached hydrogen (secondary N) is 2. The molecule has 2 aromatic carbocycles. The monoisotopic (exact) mass is 647 g/mol. The zero-order valence-electron chi connectivity index (χ0n) is 27.9. The van der Waals surface area contributed by atoms with Crippen molar-refractivity contribution in [2.24, 2.45) is 16.6 Å². The second kappa shape index (κ2) is 12.5. The summed E-state index contributed by atoms with van der Waals surface area (Å²) in [6, 6.07) is 12.0. The first-order chi connectivity index (χ1) is 23.4. The van der Waals surface area contributed by atoms with Gasteiger partial charge in [-0.15, -0.1) is 0 Å². The van der Waals surface area contributed by atoms with E-state index < -0.39 is 6.10 Å². The number of allylic oxidation sites excluding steroid dienone is 4. The van der Waals surface area contributed by atoms with Crippen molar-refractivity contribution < 1.29 is 24.6 Å². The van der Waals surface area contributed by atoms with E-state index in [1.54, 1.807) is 11.6 Å². The summed E-state index contributed by atoms with van der Waals surface area (Å²) >= 11 is 0. The Morgan fingerprint density at radius 2 is 2.15 bits per heavy atom. The first-order valence-electron chi connectivity index (χ1n) is 18.0. The van der Waals surface area contributed by atoms with E-state index in [9.17, 15) is 15.0 Å². The molecule has 6 aliphatic rings. The lowest BCUT2D eigenvalue weighted by atomic mass is 9.57. The predicted octanol–water partition coefficient (Wildman–Crippen LogP) is 5.04. The van der Waals surface area contributed by atoms with E-state index in [0.29, 0.717) is 37.7 Å². The van der Waals surface area contributed by atoms with Gasteiger partial charge in [0.1, 0.15) is 30.4 Å².